The summed E-state index contributed by atoms with van der Waals surface area (Å²) in [7, 11) is 0. The summed E-state index contributed by atoms with van der Waals surface area (Å²) in [5, 5.41) is 23.8. The minimum Gasteiger partial charge on any atom is -0.489 e. The van der Waals surface area contributed by atoms with Gasteiger partial charge in [-0.15, -0.1) is 0 Å². The van der Waals surface area contributed by atoms with Crippen molar-refractivity contribution in [3.63, 3.8) is 0 Å². The largest absolute Gasteiger partial charge is 0.489 e. The molecule has 0 radical (unpaired) electrons. The van der Waals surface area contributed by atoms with Gasteiger partial charge >= 0.3 is 0 Å². The fraction of sp³-hybridized carbons (Fsp3) is 0.0435. The van der Waals surface area contributed by atoms with Crippen LogP contribution in [0.1, 0.15) is 11.1 Å². The first kappa shape index (κ1) is 22.8. The quantitative estimate of drug-likeness (QED) is 0.197. The molecule has 0 saturated heterocycles. The average Bonchev–Trinajstić information content (AvgIpc) is 2.77. The standard InChI is InChI=1S/C23H15Cl2N3O4/c24-18-8-7-16(22(25)11-18)14-32-21-6-1-3-15(10-21)9-17(13-26)23(29)27-19-4-2-5-20(12-19)28(30)31/h1-12H,14H2,(H,27,29)/b17-9-. The van der Waals surface area contributed by atoms with Crippen LogP contribution in [-0.2, 0) is 11.4 Å². The van der Waals surface area contributed by atoms with Crippen molar-refractivity contribution >= 4 is 46.6 Å². The zero-order chi connectivity index (χ0) is 23.1. The molecule has 0 heterocycles. The third-order valence-electron chi connectivity index (χ3n) is 4.26. The first-order valence-corrected chi connectivity index (χ1v) is 9.95. The van der Waals surface area contributed by atoms with E-state index in [1.807, 2.05) is 6.07 Å². The number of ether oxygens (including phenoxy) is 1. The molecule has 7 nitrogen and oxygen atoms in total. The van der Waals surface area contributed by atoms with E-state index in [-0.39, 0.29) is 23.6 Å². The summed E-state index contributed by atoms with van der Waals surface area (Å²) in [5.74, 6) is -0.173. The fourth-order valence-electron chi connectivity index (χ4n) is 2.70. The summed E-state index contributed by atoms with van der Waals surface area (Å²) in [4.78, 5) is 22.8. The molecule has 0 aliphatic rings. The number of non-ortho nitro benzene ring substituents is 1. The molecule has 3 aromatic rings. The highest BCUT2D eigenvalue weighted by Gasteiger charge is 2.12. The highest BCUT2D eigenvalue weighted by atomic mass is 35.5. The average molecular weight is 468 g/mol. The van der Waals surface area contributed by atoms with Gasteiger partial charge in [-0.25, -0.2) is 0 Å². The van der Waals surface area contributed by atoms with Gasteiger partial charge in [-0.1, -0.05) is 47.5 Å². The van der Waals surface area contributed by atoms with Crippen LogP contribution in [0.25, 0.3) is 6.08 Å². The lowest BCUT2D eigenvalue weighted by atomic mass is 10.1. The van der Waals surface area contributed by atoms with Crippen molar-refractivity contribution in [1.29, 1.82) is 5.26 Å². The van der Waals surface area contributed by atoms with Crippen LogP contribution in [-0.4, -0.2) is 10.8 Å². The molecule has 0 bridgehead atoms. The number of hydrogen-bond acceptors (Lipinski definition) is 5. The molecule has 160 valence electrons. The van der Waals surface area contributed by atoms with Gasteiger partial charge < -0.3 is 10.1 Å². The van der Waals surface area contributed by atoms with E-state index in [0.29, 0.717) is 21.4 Å². The molecule has 0 unspecified atom stereocenters. The number of rotatable bonds is 7. The maximum Gasteiger partial charge on any atom is 0.271 e. The molecule has 3 rings (SSSR count). The number of carbonyl (C=O) groups excluding carboxylic acids is 1. The normalized spacial score (nSPS) is 10.8. The molecule has 32 heavy (non-hydrogen) atoms. The summed E-state index contributed by atoms with van der Waals surface area (Å²) < 4.78 is 5.76. The molecule has 0 aliphatic carbocycles. The molecule has 0 fully saturated rings. The molecule has 0 aromatic heterocycles. The van der Waals surface area contributed by atoms with E-state index >= 15 is 0 Å². The number of halogens is 2. The Labute approximate surface area is 193 Å². The Morgan fingerprint density at radius 1 is 1.12 bits per heavy atom. The summed E-state index contributed by atoms with van der Waals surface area (Å²) in [6.07, 6.45) is 1.40. The second kappa shape index (κ2) is 10.4. The second-order valence-corrected chi connectivity index (χ2v) is 7.37. The van der Waals surface area contributed by atoms with Crippen LogP contribution in [0.2, 0.25) is 10.0 Å². The van der Waals surface area contributed by atoms with Gasteiger partial charge in [0.2, 0.25) is 0 Å². The number of nitriles is 1. The van der Waals surface area contributed by atoms with Gasteiger partial charge in [0.15, 0.2) is 0 Å². The van der Waals surface area contributed by atoms with Crippen molar-refractivity contribution < 1.29 is 14.5 Å². The summed E-state index contributed by atoms with van der Waals surface area (Å²) in [6, 6.07) is 19.2. The van der Waals surface area contributed by atoms with Crippen molar-refractivity contribution in [2.45, 2.75) is 6.61 Å². The number of nitro groups is 1. The van der Waals surface area contributed by atoms with Crippen molar-refractivity contribution in [2.24, 2.45) is 0 Å². The number of nitrogens with zero attached hydrogens (tertiary/aromatic N) is 2. The maximum absolute atomic E-state index is 12.5. The third kappa shape index (κ3) is 6.08. The van der Waals surface area contributed by atoms with Gasteiger partial charge in [-0.3, -0.25) is 14.9 Å². The van der Waals surface area contributed by atoms with Gasteiger partial charge in [-0.2, -0.15) is 5.26 Å². The van der Waals surface area contributed by atoms with E-state index < -0.39 is 10.8 Å². The lowest BCUT2D eigenvalue weighted by Gasteiger charge is -2.09. The predicted molar refractivity (Wildman–Crippen MR) is 123 cm³/mol. The molecule has 3 aromatic carbocycles. The Bertz CT molecular complexity index is 1250. The summed E-state index contributed by atoms with van der Waals surface area (Å²) in [6.45, 7) is 0.210. The maximum atomic E-state index is 12.5. The number of nitro benzene ring substituents is 1. The Balaban J connectivity index is 1.73. The molecule has 0 atom stereocenters. The molecule has 9 heteroatoms. The number of amides is 1. The fourth-order valence-corrected chi connectivity index (χ4v) is 3.17. The lowest BCUT2D eigenvalue weighted by molar-refractivity contribution is -0.384. The van der Waals surface area contributed by atoms with Crippen LogP contribution in [0.4, 0.5) is 11.4 Å². The molecular weight excluding hydrogens is 453 g/mol. The van der Waals surface area contributed by atoms with Crippen molar-refractivity contribution in [1.82, 2.24) is 0 Å². The minimum absolute atomic E-state index is 0.170. The monoisotopic (exact) mass is 467 g/mol. The first-order valence-electron chi connectivity index (χ1n) is 9.20. The lowest BCUT2D eigenvalue weighted by Crippen LogP contribution is -2.13. The number of carbonyl (C=O) groups is 1. The second-order valence-electron chi connectivity index (χ2n) is 6.53. The molecule has 1 amide bonds. The minimum atomic E-state index is -0.688. The SMILES string of the molecule is N#C/C(=C/c1cccc(OCc2ccc(Cl)cc2Cl)c1)C(=O)Nc1cccc([N+](=O)[O-])c1. The van der Waals surface area contributed by atoms with Crippen LogP contribution in [0, 0.1) is 21.4 Å². The summed E-state index contributed by atoms with van der Waals surface area (Å²) >= 11 is 12.0. The van der Waals surface area contributed by atoms with Crippen molar-refractivity contribution in [2.75, 3.05) is 5.32 Å². The van der Waals surface area contributed by atoms with E-state index in [2.05, 4.69) is 5.32 Å². The van der Waals surface area contributed by atoms with Crippen LogP contribution in [0.3, 0.4) is 0 Å². The number of hydrogen-bond donors (Lipinski definition) is 1. The molecule has 0 aliphatic heterocycles. The van der Waals surface area contributed by atoms with E-state index in [1.165, 1.54) is 30.3 Å². The Morgan fingerprint density at radius 2 is 1.91 bits per heavy atom. The van der Waals surface area contributed by atoms with Gasteiger partial charge in [0.05, 0.1) is 4.92 Å². The van der Waals surface area contributed by atoms with Crippen molar-refractivity contribution in [3.05, 3.63) is 104 Å². The molecule has 1 N–H and O–H groups in total. The van der Waals surface area contributed by atoms with Gasteiger partial charge in [-0.05, 0) is 42.0 Å². The Kier molecular flexibility index (Phi) is 7.45. The van der Waals surface area contributed by atoms with Crippen LogP contribution in [0.15, 0.2) is 72.3 Å². The third-order valence-corrected chi connectivity index (χ3v) is 4.85. The van der Waals surface area contributed by atoms with Gasteiger partial charge in [0, 0.05) is 33.4 Å². The Morgan fingerprint density at radius 3 is 2.62 bits per heavy atom. The smallest absolute Gasteiger partial charge is 0.271 e. The zero-order valence-corrected chi connectivity index (χ0v) is 17.9. The topological polar surface area (TPSA) is 105 Å². The highest BCUT2D eigenvalue weighted by Crippen LogP contribution is 2.24. The van der Waals surface area contributed by atoms with E-state index in [9.17, 15) is 20.2 Å². The van der Waals surface area contributed by atoms with E-state index in [4.69, 9.17) is 27.9 Å². The van der Waals surface area contributed by atoms with E-state index in [0.717, 1.165) is 5.56 Å². The highest BCUT2D eigenvalue weighted by molar-refractivity contribution is 6.35. The summed E-state index contributed by atoms with van der Waals surface area (Å²) in [5.41, 5.74) is 1.19. The number of benzene rings is 3. The molecule has 0 spiro atoms. The van der Waals surface area contributed by atoms with Gasteiger partial charge in [0.1, 0.15) is 24.0 Å². The van der Waals surface area contributed by atoms with Crippen molar-refractivity contribution in [3.8, 4) is 11.8 Å². The van der Waals surface area contributed by atoms with Crippen LogP contribution in [0.5, 0.6) is 5.75 Å². The van der Waals surface area contributed by atoms with Gasteiger partial charge in [0.25, 0.3) is 11.6 Å². The Hall–Kier alpha value is -3.86. The molecule has 0 saturated carbocycles. The predicted octanol–water partition coefficient (Wildman–Crippen LogP) is 6.03. The number of anilines is 1. The van der Waals surface area contributed by atoms with Crippen LogP contribution < -0.4 is 10.1 Å². The molecular formula is C23H15Cl2N3O4. The van der Waals surface area contributed by atoms with E-state index in [1.54, 1.807) is 42.5 Å². The number of nitrogens with one attached hydrogen (secondary N) is 1. The zero-order valence-electron chi connectivity index (χ0n) is 16.4. The first-order chi connectivity index (χ1) is 15.4. The van der Waals surface area contributed by atoms with Crippen LogP contribution >= 0.6 is 23.2 Å².